The van der Waals surface area contributed by atoms with Crippen LogP contribution in [0.5, 0.6) is 0 Å². The lowest BCUT2D eigenvalue weighted by atomic mass is 10.1. The molecule has 0 bridgehead atoms. The molecule has 1 aliphatic rings. The molecule has 1 saturated heterocycles. The van der Waals surface area contributed by atoms with E-state index in [1.807, 2.05) is 11.4 Å². The second-order valence-electron chi connectivity index (χ2n) is 4.51. The van der Waals surface area contributed by atoms with Crippen LogP contribution in [0.2, 0.25) is 5.02 Å². The molecule has 1 aliphatic heterocycles. The Hall–Kier alpha value is -1.11. The van der Waals surface area contributed by atoms with Gasteiger partial charge in [0.1, 0.15) is 4.88 Å². The number of likely N-dealkylation sites (tertiary alicyclic amines) is 1. The molecule has 0 aliphatic carbocycles. The first-order chi connectivity index (χ1) is 9.08. The van der Waals surface area contributed by atoms with E-state index in [2.05, 4.69) is 0 Å². The molecule has 0 aromatic carbocycles. The van der Waals surface area contributed by atoms with Crippen molar-refractivity contribution in [1.29, 1.82) is 0 Å². The van der Waals surface area contributed by atoms with Gasteiger partial charge in [0.05, 0.1) is 15.0 Å². The van der Waals surface area contributed by atoms with E-state index in [4.69, 9.17) is 17.3 Å². The molecule has 4 nitrogen and oxygen atoms in total. The first-order valence-electron chi connectivity index (χ1n) is 5.82. The monoisotopic (exact) mass is 314 g/mol. The summed E-state index contributed by atoms with van der Waals surface area (Å²) < 4.78 is 1.05. The van der Waals surface area contributed by atoms with Gasteiger partial charge in [0, 0.05) is 18.5 Å². The molecule has 19 heavy (non-hydrogen) atoms. The highest BCUT2D eigenvalue weighted by Gasteiger charge is 2.32. The highest BCUT2D eigenvalue weighted by Crippen LogP contribution is 2.39. The number of nitrogens with two attached hydrogens (primary N) is 1. The van der Waals surface area contributed by atoms with Gasteiger partial charge in [-0.05, 0) is 17.9 Å². The molecular weight excluding hydrogens is 304 g/mol. The Morgan fingerprint density at radius 1 is 1.47 bits per heavy atom. The van der Waals surface area contributed by atoms with Crippen LogP contribution in [0.25, 0.3) is 9.40 Å². The standard InChI is InChI=1S/C12H11ClN2O2S2/c13-8-7-2-4-18-12(7)19-9(8)11(17)15-3-1-6(5-15)10(14)16/h2,4,6H,1,3,5H2,(H2,14,16)/t6-/m1/s1. The summed E-state index contributed by atoms with van der Waals surface area (Å²) in [5, 5.41) is 3.42. The van der Waals surface area contributed by atoms with Crippen molar-refractivity contribution in [3.63, 3.8) is 0 Å². The van der Waals surface area contributed by atoms with Gasteiger partial charge in [-0.1, -0.05) is 11.6 Å². The first kappa shape index (κ1) is 12.9. The number of hydrogen-bond acceptors (Lipinski definition) is 4. The molecule has 2 aromatic rings. The molecule has 2 aromatic heterocycles. The van der Waals surface area contributed by atoms with E-state index in [1.54, 1.807) is 16.2 Å². The number of amides is 2. The van der Waals surface area contributed by atoms with E-state index in [0.717, 1.165) is 9.40 Å². The third-order valence-electron chi connectivity index (χ3n) is 3.33. The van der Waals surface area contributed by atoms with Crippen molar-refractivity contribution in [3.05, 3.63) is 21.3 Å². The normalized spacial score (nSPS) is 19.2. The number of carbonyl (C=O) groups excluding carboxylic acids is 2. The number of rotatable bonds is 2. The molecule has 2 N–H and O–H groups in total. The molecule has 1 fully saturated rings. The van der Waals surface area contributed by atoms with Crippen LogP contribution < -0.4 is 5.73 Å². The van der Waals surface area contributed by atoms with Gasteiger partial charge in [-0.2, -0.15) is 0 Å². The summed E-state index contributed by atoms with van der Waals surface area (Å²) >= 11 is 9.24. The number of hydrogen-bond donors (Lipinski definition) is 1. The quantitative estimate of drug-likeness (QED) is 0.926. The average Bonchev–Trinajstić information content (AvgIpc) is 3.05. The maximum absolute atomic E-state index is 12.4. The molecule has 0 spiro atoms. The van der Waals surface area contributed by atoms with Gasteiger partial charge < -0.3 is 10.6 Å². The number of thiophene rings is 2. The second kappa shape index (κ2) is 4.77. The van der Waals surface area contributed by atoms with Crippen LogP contribution in [0.3, 0.4) is 0 Å². The molecule has 100 valence electrons. The van der Waals surface area contributed by atoms with Gasteiger partial charge in [0.25, 0.3) is 5.91 Å². The number of halogens is 1. The maximum Gasteiger partial charge on any atom is 0.265 e. The lowest BCUT2D eigenvalue weighted by molar-refractivity contribution is -0.121. The van der Waals surface area contributed by atoms with Gasteiger partial charge in [-0.25, -0.2) is 0 Å². The molecule has 3 heterocycles. The number of primary amides is 1. The third-order valence-corrected chi connectivity index (χ3v) is 6.07. The van der Waals surface area contributed by atoms with Crippen molar-refractivity contribution in [2.75, 3.05) is 13.1 Å². The molecule has 2 amide bonds. The molecule has 0 saturated carbocycles. The predicted molar refractivity (Wildman–Crippen MR) is 77.9 cm³/mol. The Bertz CT molecular complexity index is 664. The van der Waals surface area contributed by atoms with Crippen molar-refractivity contribution in [2.45, 2.75) is 6.42 Å². The molecule has 1 atom stereocenters. The summed E-state index contributed by atoms with van der Waals surface area (Å²) in [4.78, 5) is 25.8. The molecule has 0 unspecified atom stereocenters. The van der Waals surface area contributed by atoms with E-state index in [0.29, 0.717) is 29.4 Å². The minimum absolute atomic E-state index is 0.0952. The van der Waals surface area contributed by atoms with E-state index in [9.17, 15) is 9.59 Å². The zero-order valence-electron chi connectivity index (χ0n) is 9.89. The van der Waals surface area contributed by atoms with Crippen molar-refractivity contribution >= 4 is 55.5 Å². The summed E-state index contributed by atoms with van der Waals surface area (Å²) in [7, 11) is 0. The fourth-order valence-electron chi connectivity index (χ4n) is 2.26. The van der Waals surface area contributed by atoms with Gasteiger partial charge in [0.15, 0.2) is 0 Å². The fourth-order valence-corrected chi connectivity index (χ4v) is 4.84. The first-order valence-corrected chi connectivity index (χ1v) is 7.89. The van der Waals surface area contributed by atoms with Crippen LogP contribution >= 0.6 is 34.3 Å². The number of carbonyl (C=O) groups is 2. The Morgan fingerprint density at radius 2 is 2.26 bits per heavy atom. The Balaban J connectivity index is 1.86. The zero-order chi connectivity index (χ0) is 13.6. The third kappa shape index (κ3) is 2.13. The summed E-state index contributed by atoms with van der Waals surface area (Å²) in [5.74, 6) is -0.667. The average molecular weight is 315 g/mol. The lowest BCUT2D eigenvalue weighted by Crippen LogP contribution is -2.31. The molecule has 7 heteroatoms. The summed E-state index contributed by atoms with van der Waals surface area (Å²) in [6.07, 6.45) is 0.637. The Labute approximate surface area is 122 Å². The lowest BCUT2D eigenvalue weighted by Gasteiger charge is -2.14. The SMILES string of the molecule is NC(=O)[C@@H]1CCN(C(=O)c2sc3sccc3c2Cl)C1. The van der Waals surface area contributed by atoms with E-state index in [-0.39, 0.29) is 17.7 Å². The fraction of sp³-hybridized carbons (Fsp3) is 0.333. The minimum atomic E-state index is -0.339. The van der Waals surface area contributed by atoms with Crippen LogP contribution in [0.1, 0.15) is 16.1 Å². The summed E-state index contributed by atoms with van der Waals surface area (Å²) in [6, 6.07) is 1.92. The predicted octanol–water partition coefficient (Wildman–Crippen LogP) is 2.56. The van der Waals surface area contributed by atoms with Crippen LogP contribution in [-0.4, -0.2) is 29.8 Å². The highest BCUT2D eigenvalue weighted by molar-refractivity contribution is 7.38. The van der Waals surface area contributed by atoms with Crippen molar-refractivity contribution in [2.24, 2.45) is 11.7 Å². The van der Waals surface area contributed by atoms with Crippen molar-refractivity contribution in [3.8, 4) is 0 Å². The van der Waals surface area contributed by atoms with E-state index in [1.165, 1.54) is 11.3 Å². The van der Waals surface area contributed by atoms with Gasteiger partial charge >= 0.3 is 0 Å². The Kier molecular flexibility index (Phi) is 3.24. The minimum Gasteiger partial charge on any atom is -0.369 e. The van der Waals surface area contributed by atoms with E-state index >= 15 is 0 Å². The van der Waals surface area contributed by atoms with Gasteiger partial charge in [-0.15, -0.1) is 22.7 Å². The molecule has 3 rings (SSSR count). The van der Waals surface area contributed by atoms with Crippen LogP contribution in [0.15, 0.2) is 11.4 Å². The van der Waals surface area contributed by atoms with Gasteiger partial charge in [0.2, 0.25) is 5.91 Å². The van der Waals surface area contributed by atoms with Crippen LogP contribution in [-0.2, 0) is 4.79 Å². The topological polar surface area (TPSA) is 63.4 Å². The summed E-state index contributed by atoms with van der Waals surface area (Å²) in [5.41, 5.74) is 5.27. The second-order valence-corrected chi connectivity index (χ2v) is 7.08. The van der Waals surface area contributed by atoms with Crippen LogP contribution in [0.4, 0.5) is 0 Å². The van der Waals surface area contributed by atoms with Crippen molar-refractivity contribution in [1.82, 2.24) is 4.90 Å². The molecule has 0 radical (unpaired) electrons. The number of nitrogens with zero attached hydrogens (tertiary/aromatic N) is 1. The van der Waals surface area contributed by atoms with E-state index < -0.39 is 0 Å². The maximum atomic E-state index is 12.4. The highest BCUT2D eigenvalue weighted by atomic mass is 35.5. The van der Waals surface area contributed by atoms with Gasteiger partial charge in [-0.3, -0.25) is 9.59 Å². The Morgan fingerprint density at radius 3 is 2.89 bits per heavy atom. The van der Waals surface area contributed by atoms with Crippen molar-refractivity contribution < 1.29 is 9.59 Å². The number of fused-ring (bicyclic) bond motifs is 1. The van der Waals surface area contributed by atoms with Crippen LogP contribution in [0, 0.1) is 5.92 Å². The summed E-state index contributed by atoms with van der Waals surface area (Å²) in [6.45, 7) is 0.963. The zero-order valence-corrected chi connectivity index (χ0v) is 12.3. The largest absolute Gasteiger partial charge is 0.369 e. The molecular formula is C12H11ClN2O2S2. The smallest absolute Gasteiger partial charge is 0.265 e.